The van der Waals surface area contributed by atoms with E-state index in [-0.39, 0.29) is 12.3 Å². The zero-order valence-electron chi connectivity index (χ0n) is 12.4. The molecule has 0 saturated carbocycles. The van der Waals surface area contributed by atoms with Gasteiger partial charge in [0.2, 0.25) is 5.91 Å². The molecule has 0 aromatic carbocycles. The third kappa shape index (κ3) is 7.82. The maximum Gasteiger partial charge on any atom is 0.303 e. The molecule has 0 radical (unpaired) electrons. The van der Waals surface area contributed by atoms with Gasteiger partial charge in [-0.05, 0) is 25.2 Å². The second-order valence-corrected chi connectivity index (χ2v) is 4.43. The molecule has 0 bridgehead atoms. The second-order valence-electron chi connectivity index (χ2n) is 4.43. The van der Waals surface area contributed by atoms with Gasteiger partial charge in [0.25, 0.3) is 0 Å². The van der Waals surface area contributed by atoms with Crippen LogP contribution in [0.25, 0.3) is 0 Å². The van der Waals surface area contributed by atoms with Crippen LogP contribution in [-0.4, -0.2) is 35.2 Å². The van der Waals surface area contributed by atoms with E-state index in [0.29, 0.717) is 31.9 Å². The van der Waals surface area contributed by atoms with Crippen LogP contribution in [0.3, 0.4) is 0 Å². The van der Waals surface area contributed by atoms with E-state index in [0.717, 1.165) is 19.3 Å². The number of hydrogen-bond donors (Lipinski definition) is 1. The van der Waals surface area contributed by atoms with Gasteiger partial charge in [-0.2, -0.15) is 0 Å². The normalized spacial score (nSPS) is 16.6. The lowest BCUT2D eigenvalue weighted by molar-refractivity contribution is -0.199. The molecule has 5 heteroatoms. The van der Waals surface area contributed by atoms with Crippen molar-refractivity contribution in [1.82, 2.24) is 5.06 Å². The molecule has 1 N–H and O–H groups in total. The summed E-state index contributed by atoms with van der Waals surface area (Å²) in [6.45, 7) is 7.24. The van der Waals surface area contributed by atoms with Crippen molar-refractivity contribution in [2.24, 2.45) is 5.92 Å². The molecule has 19 heavy (non-hydrogen) atoms. The van der Waals surface area contributed by atoms with Crippen molar-refractivity contribution in [1.29, 1.82) is 0 Å². The van der Waals surface area contributed by atoms with Gasteiger partial charge in [0.1, 0.15) is 0 Å². The summed E-state index contributed by atoms with van der Waals surface area (Å²) < 4.78 is 0. The topological polar surface area (TPSA) is 66.8 Å². The lowest BCUT2D eigenvalue weighted by atomic mass is 9.96. The van der Waals surface area contributed by atoms with Gasteiger partial charge < -0.3 is 5.11 Å². The number of aliphatic carboxylic acids is 1. The second kappa shape index (κ2) is 10.8. The summed E-state index contributed by atoms with van der Waals surface area (Å²) in [6.07, 6.45) is 3.99. The molecule has 1 amide bonds. The Morgan fingerprint density at radius 3 is 2.63 bits per heavy atom. The van der Waals surface area contributed by atoms with Crippen molar-refractivity contribution >= 4 is 11.9 Å². The first-order chi connectivity index (χ1) is 9.13. The first-order valence-electron chi connectivity index (χ1n) is 7.28. The van der Waals surface area contributed by atoms with Crippen LogP contribution in [0.2, 0.25) is 0 Å². The monoisotopic (exact) mass is 273 g/mol. The minimum atomic E-state index is -0.756. The zero-order chi connectivity index (χ0) is 14.7. The molecule has 0 spiro atoms. The van der Waals surface area contributed by atoms with Crippen molar-refractivity contribution in [2.75, 3.05) is 13.2 Å². The number of hydroxylamine groups is 2. The summed E-state index contributed by atoms with van der Waals surface area (Å²) in [6, 6.07) is 0. The molecule has 112 valence electrons. The Hall–Kier alpha value is -1.10. The maximum atomic E-state index is 11.5. The highest BCUT2D eigenvalue weighted by Crippen LogP contribution is 2.17. The summed E-state index contributed by atoms with van der Waals surface area (Å²) in [7, 11) is 0. The van der Waals surface area contributed by atoms with Crippen molar-refractivity contribution in [3.05, 3.63) is 0 Å². The maximum absolute atomic E-state index is 11.5. The zero-order valence-corrected chi connectivity index (χ0v) is 12.4. The first-order valence-corrected chi connectivity index (χ1v) is 7.28. The van der Waals surface area contributed by atoms with Crippen molar-refractivity contribution in [3.63, 3.8) is 0 Å². The Morgan fingerprint density at radius 1 is 1.42 bits per heavy atom. The van der Waals surface area contributed by atoms with E-state index >= 15 is 0 Å². The first kappa shape index (κ1) is 17.9. The van der Waals surface area contributed by atoms with Gasteiger partial charge in [-0.15, -0.1) is 0 Å². The van der Waals surface area contributed by atoms with E-state index in [9.17, 15) is 9.59 Å². The number of nitrogens with zero attached hydrogens (tertiary/aromatic N) is 1. The lowest BCUT2D eigenvalue weighted by Gasteiger charge is -2.27. The molecule has 1 aliphatic rings. The predicted octanol–water partition coefficient (Wildman–Crippen LogP) is 2.85. The number of rotatable bonds is 7. The summed E-state index contributed by atoms with van der Waals surface area (Å²) >= 11 is 0. The van der Waals surface area contributed by atoms with Gasteiger partial charge in [0.15, 0.2) is 0 Å². The van der Waals surface area contributed by atoms with Gasteiger partial charge in [-0.1, -0.05) is 27.2 Å². The van der Waals surface area contributed by atoms with Gasteiger partial charge in [0, 0.05) is 19.4 Å². The van der Waals surface area contributed by atoms with Crippen LogP contribution in [-0.2, 0) is 14.4 Å². The van der Waals surface area contributed by atoms with Crippen molar-refractivity contribution in [2.45, 2.75) is 59.3 Å². The molecule has 1 unspecified atom stereocenters. The van der Waals surface area contributed by atoms with Crippen LogP contribution in [0.5, 0.6) is 0 Å². The molecule has 0 aromatic rings. The molecule has 0 aromatic heterocycles. The number of amides is 1. The Morgan fingerprint density at radius 2 is 2.11 bits per heavy atom. The number of carboxylic acids is 1. The molecule has 0 aliphatic carbocycles. The number of carbonyl (C=O) groups excluding carboxylic acids is 1. The number of hydrogen-bond acceptors (Lipinski definition) is 3. The minimum Gasteiger partial charge on any atom is -0.481 e. The molecule has 1 saturated heterocycles. The molecular weight excluding hydrogens is 246 g/mol. The average Bonchev–Trinajstić information content (AvgIpc) is 2.43. The largest absolute Gasteiger partial charge is 0.481 e. The summed E-state index contributed by atoms with van der Waals surface area (Å²) in [4.78, 5) is 27.2. The van der Waals surface area contributed by atoms with Crippen LogP contribution in [0.1, 0.15) is 59.3 Å². The van der Waals surface area contributed by atoms with E-state index in [1.54, 1.807) is 0 Å². The van der Waals surface area contributed by atoms with E-state index in [1.165, 1.54) is 5.06 Å². The summed E-state index contributed by atoms with van der Waals surface area (Å²) in [5, 5.41) is 10.1. The van der Waals surface area contributed by atoms with E-state index in [1.807, 2.05) is 20.8 Å². The average molecular weight is 273 g/mol. The molecule has 5 nitrogen and oxygen atoms in total. The van der Waals surface area contributed by atoms with Crippen LogP contribution in [0.4, 0.5) is 0 Å². The Balaban J connectivity index is 0.00000154. The van der Waals surface area contributed by atoms with E-state index in [4.69, 9.17) is 9.94 Å². The predicted molar refractivity (Wildman–Crippen MR) is 73.5 cm³/mol. The number of carboxylic acid groups (broad SMARTS) is 1. The van der Waals surface area contributed by atoms with E-state index < -0.39 is 5.97 Å². The Kier molecular flexibility index (Phi) is 10.2. The standard InChI is InChI=1S/C12H21NO4.C2H6/c1-2-10(5-6-12(15)16)7-8-13-11(14)4-3-9-17-13;1-2/h10H,2-9H2,1H3,(H,15,16);1-2H3. The number of carbonyl (C=O) groups is 2. The van der Waals surface area contributed by atoms with Gasteiger partial charge in [-0.25, -0.2) is 5.06 Å². The van der Waals surface area contributed by atoms with E-state index in [2.05, 4.69) is 0 Å². The van der Waals surface area contributed by atoms with Crippen molar-refractivity contribution in [3.8, 4) is 0 Å². The molecule has 1 rings (SSSR count). The fourth-order valence-electron chi connectivity index (χ4n) is 1.96. The van der Waals surface area contributed by atoms with Gasteiger partial charge in [0.05, 0.1) is 6.61 Å². The van der Waals surface area contributed by atoms with Gasteiger partial charge >= 0.3 is 5.97 Å². The molecule has 1 fully saturated rings. The highest BCUT2D eigenvalue weighted by Gasteiger charge is 2.20. The molecule has 1 heterocycles. The molecular formula is C14H27NO4. The smallest absolute Gasteiger partial charge is 0.303 e. The highest BCUT2D eigenvalue weighted by atomic mass is 16.7. The lowest BCUT2D eigenvalue weighted by Crippen LogP contribution is -2.36. The molecule has 1 atom stereocenters. The minimum absolute atomic E-state index is 0.0457. The van der Waals surface area contributed by atoms with Gasteiger partial charge in [-0.3, -0.25) is 14.4 Å². The fraction of sp³-hybridized carbons (Fsp3) is 0.857. The van der Waals surface area contributed by atoms with Crippen LogP contribution in [0.15, 0.2) is 0 Å². The fourth-order valence-corrected chi connectivity index (χ4v) is 1.96. The third-order valence-corrected chi connectivity index (χ3v) is 3.14. The van der Waals surface area contributed by atoms with Crippen LogP contribution >= 0.6 is 0 Å². The SMILES string of the molecule is CC.CCC(CCC(=O)O)CCN1OCCCC1=O. The van der Waals surface area contributed by atoms with Crippen LogP contribution < -0.4 is 0 Å². The Labute approximate surface area is 115 Å². The summed E-state index contributed by atoms with van der Waals surface area (Å²) in [5.74, 6) is -0.359. The van der Waals surface area contributed by atoms with Crippen LogP contribution in [0, 0.1) is 5.92 Å². The Bertz CT molecular complexity index is 268. The quantitative estimate of drug-likeness (QED) is 0.774. The summed E-state index contributed by atoms with van der Waals surface area (Å²) in [5.41, 5.74) is 0. The highest BCUT2D eigenvalue weighted by molar-refractivity contribution is 5.75. The van der Waals surface area contributed by atoms with Crippen molar-refractivity contribution < 1.29 is 19.5 Å². The molecule has 1 aliphatic heterocycles. The third-order valence-electron chi connectivity index (χ3n) is 3.14.